The first-order chi connectivity index (χ1) is 6.65. The van der Waals surface area contributed by atoms with Crippen LogP contribution < -0.4 is 10.6 Å². The van der Waals surface area contributed by atoms with Crippen LogP contribution in [0.25, 0.3) is 0 Å². The molecule has 1 aliphatic rings. The summed E-state index contributed by atoms with van der Waals surface area (Å²) >= 11 is 5.54. The molecule has 0 spiro atoms. The number of carbonyl (C=O) groups is 1. The number of ether oxygens (including phenoxy) is 1. The first-order valence-corrected chi connectivity index (χ1v) is 4.89. The number of likely N-dealkylation sites (N-methyl/N-ethyl adjacent to an activating group) is 1. The number of nitrogens with one attached hydrogen (secondary N) is 2. The summed E-state index contributed by atoms with van der Waals surface area (Å²) in [6, 6.07) is 0.0959. The molecule has 1 amide bonds. The number of amides is 1. The number of carbonyl (C=O) groups excluding carboxylic acids is 1. The molecule has 0 saturated carbocycles. The number of hydrogen-bond acceptors (Lipinski definition) is 3. The van der Waals surface area contributed by atoms with Crippen LogP contribution in [0.5, 0.6) is 0 Å². The highest BCUT2D eigenvalue weighted by atomic mass is 35.5. The van der Waals surface area contributed by atoms with E-state index in [1.165, 1.54) is 0 Å². The summed E-state index contributed by atoms with van der Waals surface area (Å²) in [4.78, 5) is 11.6. The Morgan fingerprint density at radius 3 is 2.93 bits per heavy atom. The Kier molecular flexibility index (Phi) is 4.38. The van der Waals surface area contributed by atoms with E-state index >= 15 is 0 Å². The largest absolute Gasteiger partial charge is 0.379 e. The van der Waals surface area contributed by atoms with Gasteiger partial charge in [-0.1, -0.05) is 18.2 Å². The second-order valence-electron chi connectivity index (χ2n) is 3.27. The average molecular weight is 219 g/mol. The lowest BCUT2D eigenvalue weighted by molar-refractivity contribution is -0.125. The molecule has 0 aliphatic carbocycles. The first kappa shape index (κ1) is 11.5. The van der Waals surface area contributed by atoms with Crippen LogP contribution in [0.2, 0.25) is 0 Å². The standard InChI is InChI=1S/C9H15ClN2O2/c1-6(10)3-12-9(13)7-4-14-5-8(7)11-2/h7-8,11H,1,3-5H2,2H3,(H,12,13). The van der Waals surface area contributed by atoms with Gasteiger partial charge < -0.3 is 15.4 Å². The Bertz CT molecular complexity index is 233. The number of halogens is 1. The molecule has 1 fully saturated rings. The van der Waals surface area contributed by atoms with Crippen molar-refractivity contribution in [1.29, 1.82) is 0 Å². The van der Waals surface area contributed by atoms with Gasteiger partial charge in [0, 0.05) is 11.1 Å². The van der Waals surface area contributed by atoms with Gasteiger partial charge in [-0.05, 0) is 7.05 Å². The smallest absolute Gasteiger partial charge is 0.227 e. The summed E-state index contributed by atoms with van der Waals surface area (Å²) in [6.45, 7) is 4.85. The molecular formula is C9H15ClN2O2. The van der Waals surface area contributed by atoms with E-state index in [-0.39, 0.29) is 17.9 Å². The lowest BCUT2D eigenvalue weighted by Gasteiger charge is -2.15. The van der Waals surface area contributed by atoms with Gasteiger partial charge in [0.15, 0.2) is 0 Å². The second kappa shape index (κ2) is 5.34. The van der Waals surface area contributed by atoms with Crippen LogP contribution in [0, 0.1) is 5.92 Å². The summed E-state index contributed by atoms with van der Waals surface area (Å²) in [7, 11) is 1.82. The lowest BCUT2D eigenvalue weighted by Crippen LogP contribution is -2.42. The average Bonchev–Trinajstić information content (AvgIpc) is 2.61. The van der Waals surface area contributed by atoms with Crippen LogP contribution in [0.3, 0.4) is 0 Å². The first-order valence-electron chi connectivity index (χ1n) is 4.51. The molecule has 1 heterocycles. The quantitative estimate of drug-likeness (QED) is 0.703. The summed E-state index contributed by atoms with van der Waals surface area (Å²) < 4.78 is 5.21. The topological polar surface area (TPSA) is 50.4 Å². The third-order valence-electron chi connectivity index (χ3n) is 2.24. The van der Waals surface area contributed by atoms with Crippen molar-refractivity contribution in [2.45, 2.75) is 6.04 Å². The third-order valence-corrected chi connectivity index (χ3v) is 2.38. The van der Waals surface area contributed by atoms with Crippen molar-refractivity contribution in [1.82, 2.24) is 10.6 Å². The zero-order chi connectivity index (χ0) is 10.6. The van der Waals surface area contributed by atoms with Crippen LogP contribution in [-0.2, 0) is 9.53 Å². The van der Waals surface area contributed by atoms with E-state index in [4.69, 9.17) is 16.3 Å². The summed E-state index contributed by atoms with van der Waals surface area (Å²) in [6.07, 6.45) is 0. The molecule has 5 heteroatoms. The normalized spacial score (nSPS) is 26.1. The number of rotatable bonds is 4. The van der Waals surface area contributed by atoms with E-state index in [1.807, 2.05) is 7.05 Å². The fourth-order valence-corrected chi connectivity index (χ4v) is 1.48. The van der Waals surface area contributed by atoms with Gasteiger partial charge in [0.2, 0.25) is 5.91 Å². The highest BCUT2D eigenvalue weighted by molar-refractivity contribution is 6.29. The van der Waals surface area contributed by atoms with Crippen LogP contribution in [0.15, 0.2) is 11.6 Å². The van der Waals surface area contributed by atoms with Crippen molar-refractivity contribution < 1.29 is 9.53 Å². The van der Waals surface area contributed by atoms with Crippen LogP contribution in [-0.4, -0.2) is 38.8 Å². The van der Waals surface area contributed by atoms with Gasteiger partial charge in [-0.2, -0.15) is 0 Å². The van der Waals surface area contributed by atoms with Crippen molar-refractivity contribution in [3.8, 4) is 0 Å². The van der Waals surface area contributed by atoms with Crippen molar-refractivity contribution in [3.63, 3.8) is 0 Å². The van der Waals surface area contributed by atoms with Crippen molar-refractivity contribution in [2.75, 3.05) is 26.8 Å². The minimum atomic E-state index is -0.129. The Hall–Kier alpha value is -0.580. The van der Waals surface area contributed by atoms with Gasteiger partial charge in [0.1, 0.15) is 0 Å². The van der Waals surface area contributed by atoms with Gasteiger partial charge in [-0.3, -0.25) is 4.79 Å². The highest BCUT2D eigenvalue weighted by Crippen LogP contribution is 2.13. The molecule has 0 aromatic carbocycles. The zero-order valence-electron chi connectivity index (χ0n) is 8.18. The Morgan fingerprint density at radius 1 is 1.64 bits per heavy atom. The molecule has 0 radical (unpaired) electrons. The van der Waals surface area contributed by atoms with Crippen LogP contribution in [0.4, 0.5) is 0 Å². The molecule has 2 atom stereocenters. The van der Waals surface area contributed by atoms with Gasteiger partial charge in [-0.25, -0.2) is 0 Å². The molecule has 0 aromatic rings. The summed E-state index contributed by atoms with van der Waals surface area (Å²) in [5.74, 6) is -0.167. The fourth-order valence-electron chi connectivity index (χ4n) is 1.41. The molecule has 0 aromatic heterocycles. The molecule has 2 unspecified atom stereocenters. The SMILES string of the molecule is C=C(Cl)CNC(=O)C1COCC1NC. The molecule has 2 N–H and O–H groups in total. The Balaban J connectivity index is 2.39. The maximum atomic E-state index is 11.6. The molecule has 80 valence electrons. The Labute approximate surface area is 88.6 Å². The summed E-state index contributed by atoms with van der Waals surface area (Å²) in [5, 5.41) is 6.17. The minimum Gasteiger partial charge on any atom is -0.379 e. The van der Waals surface area contributed by atoms with Crippen LogP contribution >= 0.6 is 11.6 Å². The lowest BCUT2D eigenvalue weighted by atomic mass is 10.0. The van der Waals surface area contributed by atoms with E-state index in [9.17, 15) is 4.79 Å². The minimum absolute atomic E-state index is 0.0383. The van der Waals surface area contributed by atoms with Crippen LogP contribution in [0.1, 0.15) is 0 Å². The van der Waals surface area contributed by atoms with E-state index in [2.05, 4.69) is 17.2 Å². The van der Waals surface area contributed by atoms with Crippen molar-refractivity contribution >= 4 is 17.5 Å². The third kappa shape index (κ3) is 2.97. The monoisotopic (exact) mass is 218 g/mol. The van der Waals surface area contributed by atoms with E-state index in [1.54, 1.807) is 0 Å². The van der Waals surface area contributed by atoms with E-state index in [0.29, 0.717) is 24.8 Å². The predicted molar refractivity (Wildman–Crippen MR) is 55.2 cm³/mol. The van der Waals surface area contributed by atoms with Gasteiger partial charge in [0.25, 0.3) is 0 Å². The fraction of sp³-hybridized carbons (Fsp3) is 0.667. The molecule has 1 aliphatic heterocycles. The van der Waals surface area contributed by atoms with Crippen molar-refractivity contribution in [3.05, 3.63) is 11.6 Å². The maximum absolute atomic E-state index is 11.6. The molecule has 4 nitrogen and oxygen atoms in total. The molecule has 1 saturated heterocycles. The van der Waals surface area contributed by atoms with Gasteiger partial charge in [-0.15, -0.1) is 0 Å². The second-order valence-corrected chi connectivity index (χ2v) is 3.81. The van der Waals surface area contributed by atoms with Crippen molar-refractivity contribution in [2.24, 2.45) is 5.92 Å². The zero-order valence-corrected chi connectivity index (χ0v) is 8.93. The molecule has 1 rings (SSSR count). The molecule has 0 bridgehead atoms. The van der Waals surface area contributed by atoms with E-state index < -0.39 is 0 Å². The highest BCUT2D eigenvalue weighted by Gasteiger charge is 2.32. The van der Waals surface area contributed by atoms with Gasteiger partial charge >= 0.3 is 0 Å². The molecular weight excluding hydrogens is 204 g/mol. The summed E-state index contributed by atoms with van der Waals surface area (Å²) in [5.41, 5.74) is 0. The van der Waals surface area contributed by atoms with E-state index in [0.717, 1.165) is 0 Å². The Morgan fingerprint density at radius 2 is 2.36 bits per heavy atom. The molecule has 14 heavy (non-hydrogen) atoms. The number of hydrogen-bond donors (Lipinski definition) is 2. The van der Waals surface area contributed by atoms with Gasteiger partial charge in [0.05, 0.1) is 25.7 Å². The maximum Gasteiger partial charge on any atom is 0.227 e. The predicted octanol–water partition coefficient (Wildman–Crippen LogP) is 0.0895.